The summed E-state index contributed by atoms with van der Waals surface area (Å²) in [4.78, 5) is 45.1. The highest BCUT2D eigenvalue weighted by atomic mass is 35.5. The Balaban J connectivity index is 1.19. The average molecular weight is 726 g/mol. The number of hydrogen-bond acceptors (Lipinski definition) is 8. The lowest BCUT2D eigenvalue weighted by Gasteiger charge is -2.48. The molecule has 1 aliphatic carbocycles. The molecule has 7 rings (SSSR count). The van der Waals surface area contributed by atoms with Gasteiger partial charge in [-0.25, -0.2) is 13.2 Å². The van der Waals surface area contributed by atoms with Crippen LogP contribution in [0, 0.1) is 17.2 Å². The van der Waals surface area contributed by atoms with E-state index in [4.69, 9.17) is 23.2 Å². The van der Waals surface area contributed by atoms with Gasteiger partial charge in [0, 0.05) is 49.7 Å². The summed E-state index contributed by atoms with van der Waals surface area (Å²) in [6.07, 6.45) is 7.07. The molecule has 3 saturated heterocycles. The van der Waals surface area contributed by atoms with Crippen LogP contribution in [0.4, 0.5) is 5.69 Å². The summed E-state index contributed by atoms with van der Waals surface area (Å²) < 4.78 is 29.2. The number of hydrogen-bond donors (Lipinski definition) is 3. The van der Waals surface area contributed by atoms with E-state index < -0.39 is 39.9 Å². The SMILES string of the molecule is N#Cc1cccc(S(=O)(=O)N2CC(N3CC4CCC3CC4)C[C@H]2C(=O)N[C@@H](Cc2ccc(NC(=O)c3c(Cl)cncc3Cl)cc2)C(=O)O)c1. The van der Waals surface area contributed by atoms with Crippen molar-refractivity contribution in [3.63, 3.8) is 0 Å². The number of nitriles is 1. The molecule has 3 atom stereocenters. The number of anilines is 1. The Hall–Kier alpha value is -4.06. The fourth-order valence-corrected chi connectivity index (χ4v) is 9.41. The first-order chi connectivity index (χ1) is 23.4. The van der Waals surface area contributed by atoms with Crippen LogP contribution in [0.15, 0.2) is 65.8 Å². The lowest BCUT2D eigenvalue weighted by atomic mass is 9.79. The van der Waals surface area contributed by atoms with E-state index in [2.05, 4.69) is 20.5 Å². The van der Waals surface area contributed by atoms with Crippen LogP contribution < -0.4 is 10.6 Å². The number of amides is 2. The van der Waals surface area contributed by atoms with Gasteiger partial charge in [0.15, 0.2) is 0 Å². The van der Waals surface area contributed by atoms with Crippen LogP contribution in [-0.4, -0.2) is 82.8 Å². The smallest absolute Gasteiger partial charge is 0.326 e. The Morgan fingerprint density at radius 1 is 1.00 bits per heavy atom. The molecule has 1 unspecified atom stereocenters. The third-order valence-electron chi connectivity index (χ3n) is 9.68. The number of fused-ring (bicyclic) bond motifs is 3. The molecule has 4 heterocycles. The van der Waals surface area contributed by atoms with E-state index in [0.717, 1.165) is 32.2 Å². The van der Waals surface area contributed by atoms with E-state index in [9.17, 15) is 33.2 Å². The van der Waals surface area contributed by atoms with Crippen LogP contribution in [0.25, 0.3) is 0 Å². The number of pyridine rings is 1. The molecule has 4 aliphatic rings. The number of nitrogens with one attached hydrogen (secondary N) is 2. The van der Waals surface area contributed by atoms with E-state index in [0.29, 0.717) is 23.2 Å². The Labute approximate surface area is 294 Å². The number of rotatable bonds is 10. The fraction of sp³-hybridized carbons (Fsp3) is 0.382. The van der Waals surface area contributed by atoms with E-state index >= 15 is 0 Å². The summed E-state index contributed by atoms with van der Waals surface area (Å²) in [5, 5.41) is 24.9. The van der Waals surface area contributed by atoms with Crippen molar-refractivity contribution in [3.8, 4) is 6.07 Å². The Kier molecular flexibility index (Phi) is 10.2. The lowest BCUT2D eigenvalue weighted by Crippen LogP contribution is -2.53. The molecule has 3 N–H and O–H groups in total. The minimum Gasteiger partial charge on any atom is -0.480 e. The highest BCUT2D eigenvalue weighted by Crippen LogP contribution is 2.39. The molecule has 1 saturated carbocycles. The van der Waals surface area contributed by atoms with Gasteiger partial charge in [-0.1, -0.05) is 41.4 Å². The first kappa shape index (κ1) is 34.8. The van der Waals surface area contributed by atoms with Crippen molar-refractivity contribution in [2.24, 2.45) is 5.92 Å². The number of carboxylic acid groups (broad SMARTS) is 1. The summed E-state index contributed by atoms with van der Waals surface area (Å²) in [6, 6.07) is 11.6. The maximum Gasteiger partial charge on any atom is 0.326 e. The summed E-state index contributed by atoms with van der Waals surface area (Å²) in [6.45, 7) is 0.930. The molecule has 15 heteroatoms. The largest absolute Gasteiger partial charge is 0.480 e. The van der Waals surface area contributed by atoms with Gasteiger partial charge in [-0.15, -0.1) is 0 Å². The third-order valence-corrected chi connectivity index (χ3v) is 12.1. The van der Waals surface area contributed by atoms with E-state index in [1.54, 1.807) is 24.3 Å². The van der Waals surface area contributed by atoms with Crippen LogP contribution in [-0.2, 0) is 26.0 Å². The molecule has 2 aromatic carbocycles. The van der Waals surface area contributed by atoms with E-state index in [-0.39, 0.29) is 51.5 Å². The van der Waals surface area contributed by atoms with Crippen LogP contribution in [0.5, 0.6) is 0 Å². The molecular formula is C34H34Cl2N6O6S. The van der Waals surface area contributed by atoms with Crippen molar-refractivity contribution in [3.05, 3.63) is 87.7 Å². The zero-order valence-corrected chi connectivity index (χ0v) is 28.6. The van der Waals surface area contributed by atoms with Crippen molar-refractivity contribution in [2.45, 2.75) is 67.6 Å². The summed E-state index contributed by atoms with van der Waals surface area (Å²) >= 11 is 12.2. The summed E-state index contributed by atoms with van der Waals surface area (Å²) in [5.41, 5.74) is 1.19. The summed E-state index contributed by atoms with van der Waals surface area (Å²) in [5.74, 6) is -2.00. The van der Waals surface area contributed by atoms with Crippen LogP contribution in [0.2, 0.25) is 10.0 Å². The highest BCUT2D eigenvalue weighted by Gasteiger charge is 2.49. The van der Waals surface area contributed by atoms with Crippen molar-refractivity contribution in [1.29, 1.82) is 5.26 Å². The molecule has 49 heavy (non-hydrogen) atoms. The van der Waals surface area contributed by atoms with Gasteiger partial charge in [0.05, 0.1) is 32.1 Å². The second kappa shape index (κ2) is 14.4. The number of nitrogens with zero attached hydrogens (tertiary/aromatic N) is 4. The molecule has 2 amide bonds. The number of halogens is 2. The normalized spacial score (nSPS) is 23.0. The monoisotopic (exact) mass is 724 g/mol. The second-order valence-corrected chi connectivity index (χ2v) is 15.4. The number of piperidine rings is 2. The first-order valence-corrected chi connectivity index (χ1v) is 18.1. The zero-order chi connectivity index (χ0) is 34.9. The number of aromatic nitrogens is 1. The predicted molar refractivity (Wildman–Crippen MR) is 182 cm³/mol. The molecule has 0 radical (unpaired) electrons. The number of sulfonamides is 1. The number of benzene rings is 2. The van der Waals surface area contributed by atoms with Gasteiger partial charge >= 0.3 is 5.97 Å². The molecule has 0 spiro atoms. The Morgan fingerprint density at radius 2 is 1.69 bits per heavy atom. The van der Waals surface area contributed by atoms with Gasteiger partial charge in [0.1, 0.15) is 12.1 Å². The lowest BCUT2D eigenvalue weighted by molar-refractivity contribution is -0.142. The van der Waals surface area contributed by atoms with Crippen molar-refractivity contribution < 1.29 is 27.9 Å². The van der Waals surface area contributed by atoms with Crippen molar-refractivity contribution >= 4 is 56.7 Å². The minimum absolute atomic E-state index is 0.0619. The fourth-order valence-electron chi connectivity index (χ4n) is 7.19. The summed E-state index contributed by atoms with van der Waals surface area (Å²) in [7, 11) is -4.21. The molecule has 256 valence electrons. The van der Waals surface area contributed by atoms with E-state index in [1.165, 1.54) is 41.0 Å². The highest BCUT2D eigenvalue weighted by molar-refractivity contribution is 7.89. The molecule has 12 nitrogen and oxygen atoms in total. The van der Waals surface area contributed by atoms with Gasteiger partial charge in [0.2, 0.25) is 15.9 Å². The Bertz CT molecular complexity index is 1890. The zero-order valence-electron chi connectivity index (χ0n) is 26.3. The predicted octanol–water partition coefficient (Wildman–Crippen LogP) is 4.33. The van der Waals surface area contributed by atoms with Gasteiger partial charge in [-0.2, -0.15) is 9.57 Å². The molecule has 4 fully saturated rings. The topological polar surface area (TPSA) is 173 Å². The Morgan fingerprint density at radius 3 is 2.31 bits per heavy atom. The maximum atomic E-state index is 14.0. The van der Waals surface area contributed by atoms with Gasteiger partial charge in [-0.05, 0) is 73.9 Å². The second-order valence-electron chi connectivity index (χ2n) is 12.7. The van der Waals surface area contributed by atoms with E-state index in [1.807, 2.05) is 6.07 Å². The average Bonchev–Trinajstić information content (AvgIpc) is 3.56. The quantitative estimate of drug-likeness (QED) is 0.275. The standard InChI is InChI=1S/C34H34Cl2N6O6S/c35-27-16-38-17-28(36)31(27)33(44)39-23-8-4-20(5-9-23)13-29(34(45)46)40-32(43)30-14-25(41-18-21-6-10-24(41)11-7-21)19-42(30)49(47,48)26-3-1-2-22(12-26)15-37/h1-5,8-9,12,16-17,21,24-25,29-30H,6-7,10-11,13-14,18-19H2,(H,39,44)(H,40,43)(H,45,46)/t21?,24?,25?,29-,30-/m0/s1. The van der Waals surface area contributed by atoms with Gasteiger partial charge < -0.3 is 15.7 Å². The maximum absolute atomic E-state index is 14.0. The van der Waals surface area contributed by atoms with Crippen LogP contribution in [0.1, 0.15) is 53.6 Å². The van der Waals surface area contributed by atoms with Gasteiger partial charge in [0.25, 0.3) is 5.91 Å². The van der Waals surface area contributed by atoms with Crippen molar-refractivity contribution in [1.82, 2.24) is 19.5 Å². The third kappa shape index (κ3) is 7.44. The first-order valence-electron chi connectivity index (χ1n) is 15.9. The molecule has 2 bridgehead atoms. The molecule has 3 aromatic rings. The van der Waals surface area contributed by atoms with Crippen molar-refractivity contribution in [2.75, 3.05) is 18.4 Å². The molecular weight excluding hydrogens is 691 g/mol. The number of carbonyl (C=O) groups is 3. The van der Waals surface area contributed by atoms with Crippen LogP contribution in [0.3, 0.4) is 0 Å². The van der Waals surface area contributed by atoms with Crippen LogP contribution >= 0.6 is 23.2 Å². The molecule has 1 aromatic heterocycles. The minimum atomic E-state index is -4.21. The number of carboxylic acids is 1. The number of carbonyl (C=O) groups excluding carboxylic acids is 2. The van der Waals surface area contributed by atoms with Gasteiger partial charge in [-0.3, -0.25) is 19.5 Å². The number of aliphatic carboxylic acids is 1. The molecule has 3 aliphatic heterocycles.